The number of hydrogen-bond acceptors (Lipinski definition) is 4. The van der Waals surface area contributed by atoms with Crippen LogP contribution in [-0.4, -0.2) is 15.8 Å². The molecule has 2 heterocycles. The second-order valence-corrected chi connectivity index (χ2v) is 3.97. The second-order valence-electron chi connectivity index (χ2n) is 3.97. The first-order valence-corrected chi connectivity index (χ1v) is 5.48. The highest BCUT2D eigenvalue weighted by molar-refractivity contribution is 5.98. The van der Waals surface area contributed by atoms with Crippen LogP contribution >= 0.6 is 0 Å². The number of nitrogens with one attached hydrogen (secondary N) is 1. The molecule has 92 valence electrons. The first kappa shape index (κ1) is 12.0. The molecule has 0 saturated carbocycles. The summed E-state index contributed by atoms with van der Waals surface area (Å²) in [5.74, 6) is 0.851. The van der Waals surface area contributed by atoms with Gasteiger partial charge < -0.3 is 10.5 Å². The molecule has 0 spiro atoms. The topological polar surface area (TPSA) is 84.9 Å². The number of pyridine rings is 2. The summed E-state index contributed by atoms with van der Waals surface area (Å²) in [6, 6.07) is 5.41. The van der Waals surface area contributed by atoms with Gasteiger partial charge >= 0.3 is 0 Å². The van der Waals surface area contributed by atoms with E-state index in [1.54, 1.807) is 24.5 Å². The van der Waals surface area contributed by atoms with E-state index < -0.39 is 0 Å². The lowest BCUT2D eigenvalue weighted by atomic mass is 10.1. The number of aromatic nitrogens is 2. The normalized spacial score (nSPS) is 10.1. The number of nitrogen functional groups attached to an aromatic ring is 1. The van der Waals surface area contributed by atoms with Crippen molar-refractivity contribution in [3.05, 3.63) is 47.4 Å². The zero-order valence-electron chi connectivity index (χ0n) is 10.3. The molecule has 18 heavy (non-hydrogen) atoms. The van der Waals surface area contributed by atoms with Crippen molar-refractivity contribution in [2.24, 2.45) is 5.73 Å². The molecule has 2 rings (SSSR count). The number of ether oxygens (including phenoxy) is 1. The molecule has 0 aliphatic heterocycles. The number of hydrogen-bond donors (Lipinski definition) is 2. The Bertz CT molecular complexity index is 581. The van der Waals surface area contributed by atoms with Crippen molar-refractivity contribution >= 4 is 5.84 Å². The Labute approximate surface area is 105 Å². The maximum absolute atomic E-state index is 7.60. The first-order valence-electron chi connectivity index (χ1n) is 5.48. The van der Waals surface area contributed by atoms with E-state index in [4.69, 9.17) is 15.9 Å². The molecule has 2 aromatic rings. The maximum Gasteiger partial charge on any atom is 0.230 e. The minimum Gasteiger partial charge on any atom is -0.437 e. The number of nitrogens with zero attached hydrogens (tertiary/aromatic N) is 2. The molecule has 3 N–H and O–H groups in total. The summed E-state index contributed by atoms with van der Waals surface area (Å²) in [6.07, 6.45) is 3.25. The van der Waals surface area contributed by atoms with Gasteiger partial charge in [0.1, 0.15) is 11.6 Å². The van der Waals surface area contributed by atoms with Crippen LogP contribution in [0.5, 0.6) is 11.6 Å². The Hall–Kier alpha value is -2.43. The van der Waals surface area contributed by atoms with Crippen molar-refractivity contribution in [2.45, 2.75) is 13.8 Å². The largest absolute Gasteiger partial charge is 0.437 e. The van der Waals surface area contributed by atoms with Gasteiger partial charge in [0.25, 0.3) is 0 Å². The number of amidine groups is 1. The molecule has 0 radical (unpaired) electrons. The third kappa shape index (κ3) is 2.45. The van der Waals surface area contributed by atoms with Crippen LogP contribution < -0.4 is 10.5 Å². The molecule has 0 aliphatic rings. The van der Waals surface area contributed by atoms with Gasteiger partial charge in [-0.1, -0.05) is 0 Å². The Morgan fingerprint density at radius 2 is 2.17 bits per heavy atom. The minimum atomic E-state index is -0.0566. The van der Waals surface area contributed by atoms with Crippen LogP contribution in [0.1, 0.15) is 16.8 Å². The van der Waals surface area contributed by atoms with Gasteiger partial charge in [-0.05, 0) is 37.6 Å². The van der Waals surface area contributed by atoms with Crippen LogP contribution in [-0.2, 0) is 0 Å². The van der Waals surface area contributed by atoms with Crippen LogP contribution in [0.25, 0.3) is 0 Å². The van der Waals surface area contributed by atoms with Gasteiger partial charge in [0, 0.05) is 11.9 Å². The number of rotatable bonds is 3. The third-order valence-electron chi connectivity index (χ3n) is 2.43. The van der Waals surface area contributed by atoms with Crippen LogP contribution in [0.15, 0.2) is 30.6 Å². The quantitative estimate of drug-likeness (QED) is 0.638. The lowest BCUT2D eigenvalue weighted by Crippen LogP contribution is -2.15. The summed E-state index contributed by atoms with van der Waals surface area (Å²) in [5.41, 5.74) is 7.77. The summed E-state index contributed by atoms with van der Waals surface area (Å²) in [4.78, 5) is 8.24. The molecular weight excluding hydrogens is 228 g/mol. The van der Waals surface area contributed by atoms with Gasteiger partial charge in [0.2, 0.25) is 5.88 Å². The fraction of sp³-hybridized carbons (Fsp3) is 0.154. The van der Waals surface area contributed by atoms with E-state index in [1.807, 2.05) is 19.9 Å². The Balaban J connectivity index is 2.46. The zero-order valence-corrected chi connectivity index (χ0v) is 10.3. The Morgan fingerprint density at radius 3 is 2.78 bits per heavy atom. The van der Waals surface area contributed by atoms with E-state index >= 15 is 0 Å². The van der Waals surface area contributed by atoms with Crippen molar-refractivity contribution in [3.63, 3.8) is 0 Å². The van der Waals surface area contributed by atoms with E-state index in [2.05, 4.69) is 9.97 Å². The molecule has 0 fully saturated rings. The summed E-state index contributed by atoms with van der Waals surface area (Å²) < 4.78 is 5.64. The predicted molar refractivity (Wildman–Crippen MR) is 69.0 cm³/mol. The first-order chi connectivity index (χ1) is 8.58. The Morgan fingerprint density at radius 1 is 1.39 bits per heavy atom. The van der Waals surface area contributed by atoms with Crippen LogP contribution in [0.3, 0.4) is 0 Å². The monoisotopic (exact) mass is 242 g/mol. The van der Waals surface area contributed by atoms with Gasteiger partial charge in [-0.15, -0.1) is 0 Å². The molecule has 2 aromatic heterocycles. The van der Waals surface area contributed by atoms with Crippen molar-refractivity contribution < 1.29 is 4.74 Å². The average molecular weight is 242 g/mol. The minimum absolute atomic E-state index is 0.0566. The van der Waals surface area contributed by atoms with Gasteiger partial charge in [0.05, 0.1) is 11.8 Å². The smallest absolute Gasteiger partial charge is 0.230 e. The number of aryl methyl sites for hydroxylation is 2. The van der Waals surface area contributed by atoms with Crippen LogP contribution in [0.4, 0.5) is 0 Å². The lowest BCUT2D eigenvalue weighted by Gasteiger charge is -2.12. The van der Waals surface area contributed by atoms with Crippen molar-refractivity contribution in [1.29, 1.82) is 5.41 Å². The standard InChI is InChI=1S/C13H14N4O/c1-8-6-9(2)17-13(11(8)12(14)15)18-10-4-3-5-16-7-10/h3-7H,1-2H3,(H3,14,15). The highest BCUT2D eigenvalue weighted by Crippen LogP contribution is 2.25. The highest BCUT2D eigenvalue weighted by Gasteiger charge is 2.13. The zero-order chi connectivity index (χ0) is 13.1. The van der Waals surface area contributed by atoms with Crippen LogP contribution in [0.2, 0.25) is 0 Å². The van der Waals surface area contributed by atoms with E-state index in [1.165, 1.54) is 0 Å². The molecule has 0 bridgehead atoms. The average Bonchev–Trinajstić information content (AvgIpc) is 2.28. The fourth-order valence-corrected chi connectivity index (χ4v) is 1.72. The van der Waals surface area contributed by atoms with E-state index in [-0.39, 0.29) is 5.84 Å². The fourth-order valence-electron chi connectivity index (χ4n) is 1.72. The molecule has 0 unspecified atom stereocenters. The summed E-state index contributed by atoms with van der Waals surface area (Å²) in [5, 5.41) is 7.60. The highest BCUT2D eigenvalue weighted by atomic mass is 16.5. The third-order valence-corrected chi connectivity index (χ3v) is 2.43. The van der Waals surface area contributed by atoms with Crippen molar-refractivity contribution in [3.8, 4) is 11.6 Å². The summed E-state index contributed by atoms with van der Waals surface area (Å²) in [7, 11) is 0. The van der Waals surface area contributed by atoms with Crippen molar-refractivity contribution in [1.82, 2.24) is 9.97 Å². The van der Waals surface area contributed by atoms with Gasteiger partial charge in [0.15, 0.2) is 0 Å². The van der Waals surface area contributed by atoms with E-state index in [0.717, 1.165) is 11.3 Å². The molecule has 0 saturated heterocycles. The summed E-state index contributed by atoms with van der Waals surface area (Å²) in [6.45, 7) is 3.74. The van der Waals surface area contributed by atoms with Crippen molar-refractivity contribution in [2.75, 3.05) is 0 Å². The molecule has 0 atom stereocenters. The predicted octanol–water partition coefficient (Wildman–Crippen LogP) is 2.17. The van der Waals surface area contributed by atoms with E-state index in [0.29, 0.717) is 17.2 Å². The second kappa shape index (κ2) is 4.83. The molecule has 5 heteroatoms. The summed E-state index contributed by atoms with van der Waals surface area (Å²) >= 11 is 0. The van der Waals surface area contributed by atoms with Crippen LogP contribution in [0, 0.1) is 19.3 Å². The van der Waals surface area contributed by atoms with E-state index in [9.17, 15) is 0 Å². The molecular formula is C13H14N4O. The molecule has 0 aliphatic carbocycles. The number of nitrogens with two attached hydrogens (primary N) is 1. The molecule has 5 nitrogen and oxygen atoms in total. The SMILES string of the molecule is Cc1cc(C)c(C(=N)N)c(Oc2cccnc2)n1. The van der Waals surface area contributed by atoms with Gasteiger partial charge in [-0.2, -0.15) is 0 Å². The molecule has 0 aromatic carbocycles. The maximum atomic E-state index is 7.60. The Kier molecular flexibility index (Phi) is 3.23. The molecule has 0 amide bonds. The lowest BCUT2D eigenvalue weighted by molar-refractivity contribution is 0.458. The van der Waals surface area contributed by atoms with Gasteiger partial charge in [-0.25, -0.2) is 4.98 Å². The van der Waals surface area contributed by atoms with Gasteiger partial charge in [-0.3, -0.25) is 10.4 Å².